The first-order valence-electron chi connectivity index (χ1n) is 8.68. The van der Waals surface area contributed by atoms with Crippen LogP contribution in [0.25, 0.3) is 10.4 Å². The Morgan fingerprint density at radius 2 is 1.78 bits per heavy atom. The summed E-state index contributed by atoms with van der Waals surface area (Å²) in [5.74, 6) is 0.176. The summed E-state index contributed by atoms with van der Waals surface area (Å²) in [5, 5.41) is 3.23. The second kappa shape index (κ2) is 6.96. The first-order chi connectivity index (χ1) is 13.1. The van der Waals surface area contributed by atoms with Gasteiger partial charge < -0.3 is 10.1 Å². The number of ether oxygens (including phenoxy) is 1. The van der Waals surface area contributed by atoms with Crippen molar-refractivity contribution in [2.45, 2.75) is 25.2 Å². The van der Waals surface area contributed by atoms with Crippen molar-refractivity contribution in [2.24, 2.45) is 0 Å². The Balaban J connectivity index is 1.46. The zero-order valence-corrected chi connectivity index (χ0v) is 15.6. The molecule has 136 valence electrons. The number of amides is 1. The van der Waals surface area contributed by atoms with Gasteiger partial charge >= 0.3 is 5.97 Å². The topological polar surface area (TPSA) is 68.3 Å². The second-order valence-corrected chi connectivity index (χ2v) is 7.60. The molecule has 0 spiro atoms. The molecule has 1 amide bonds. The summed E-state index contributed by atoms with van der Waals surface area (Å²) >= 11 is 1.39. The maximum Gasteiger partial charge on any atom is 0.321 e. The molecule has 2 aromatic carbocycles. The van der Waals surface area contributed by atoms with Gasteiger partial charge in [0.15, 0.2) is 5.13 Å². The Morgan fingerprint density at radius 1 is 1.07 bits per heavy atom. The third-order valence-corrected chi connectivity index (χ3v) is 5.57. The van der Waals surface area contributed by atoms with E-state index in [9.17, 15) is 9.59 Å². The monoisotopic (exact) mass is 378 g/mol. The number of nitrogens with zero attached hydrogens (tertiary/aromatic N) is 1. The molecule has 1 fully saturated rings. The number of carbonyl (C=O) groups is 2. The van der Waals surface area contributed by atoms with Crippen LogP contribution < -0.4 is 10.1 Å². The molecule has 1 aromatic heterocycles. The summed E-state index contributed by atoms with van der Waals surface area (Å²) in [5.41, 5.74) is 1.47. The van der Waals surface area contributed by atoms with E-state index in [4.69, 9.17) is 4.74 Å². The Bertz CT molecular complexity index is 976. The third kappa shape index (κ3) is 3.61. The fourth-order valence-corrected chi connectivity index (χ4v) is 3.87. The smallest absolute Gasteiger partial charge is 0.321 e. The van der Waals surface area contributed by atoms with Crippen LogP contribution >= 0.6 is 11.3 Å². The summed E-state index contributed by atoms with van der Waals surface area (Å²) in [7, 11) is 0. The van der Waals surface area contributed by atoms with Crippen molar-refractivity contribution in [1.29, 1.82) is 0 Å². The predicted molar refractivity (Wildman–Crippen MR) is 105 cm³/mol. The highest BCUT2D eigenvalue weighted by Crippen LogP contribution is 2.49. The number of hydrogen-bond donors (Lipinski definition) is 1. The molecular formula is C21H18N2O3S. The Labute approximate surface area is 161 Å². The molecule has 1 heterocycles. The summed E-state index contributed by atoms with van der Waals surface area (Å²) in [6.45, 7) is 1.45. The van der Waals surface area contributed by atoms with E-state index < -0.39 is 5.41 Å². The van der Waals surface area contributed by atoms with E-state index >= 15 is 0 Å². The standard InChI is InChI=1S/C21H18N2O3S/c1-14(24)23-20-22-13-18(27-20)15-7-9-17(10-8-15)26-19(25)21(11-12-21)16-5-3-2-4-6-16/h2-10,13H,11-12H2,1H3,(H,22,23,24). The molecule has 1 aliphatic rings. The molecule has 6 heteroatoms. The van der Waals surface area contributed by atoms with Gasteiger partial charge in [-0.3, -0.25) is 9.59 Å². The van der Waals surface area contributed by atoms with Gasteiger partial charge in [0.05, 0.1) is 10.3 Å². The number of benzene rings is 2. The average molecular weight is 378 g/mol. The first kappa shape index (κ1) is 17.4. The number of nitrogens with one attached hydrogen (secondary N) is 1. The lowest BCUT2D eigenvalue weighted by Crippen LogP contribution is -2.25. The van der Waals surface area contributed by atoms with E-state index in [1.165, 1.54) is 18.3 Å². The lowest BCUT2D eigenvalue weighted by molar-refractivity contribution is -0.137. The van der Waals surface area contributed by atoms with Crippen molar-refractivity contribution in [1.82, 2.24) is 4.98 Å². The van der Waals surface area contributed by atoms with Crippen molar-refractivity contribution >= 4 is 28.3 Å². The molecule has 0 atom stereocenters. The predicted octanol–water partition coefficient (Wildman–Crippen LogP) is 4.41. The number of aromatic nitrogens is 1. The molecule has 0 saturated heterocycles. The van der Waals surface area contributed by atoms with Gasteiger partial charge in [-0.25, -0.2) is 4.98 Å². The van der Waals surface area contributed by atoms with Gasteiger partial charge in [0, 0.05) is 13.1 Å². The van der Waals surface area contributed by atoms with E-state index in [1.54, 1.807) is 18.3 Å². The van der Waals surface area contributed by atoms with Crippen LogP contribution in [0.3, 0.4) is 0 Å². The van der Waals surface area contributed by atoms with Crippen molar-refractivity contribution in [3.8, 4) is 16.2 Å². The number of carbonyl (C=O) groups excluding carboxylic acids is 2. The Morgan fingerprint density at radius 3 is 2.41 bits per heavy atom. The van der Waals surface area contributed by atoms with E-state index in [1.807, 2.05) is 42.5 Å². The number of hydrogen-bond acceptors (Lipinski definition) is 5. The highest BCUT2D eigenvalue weighted by Gasteiger charge is 2.52. The number of thiazole rings is 1. The molecule has 1 aliphatic carbocycles. The van der Waals surface area contributed by atoms with E-state index in [0.717, 1.165) is 28.8 Å². The van der Waals surface area contributed by atoms with Crippen LogP contribution in [-0.2, 0) is 15.0 Å². The lowest BCUT2D eigenvalue weighted by Gasteiger charge is -2.14. The van der Waals surface area contributed by atoms with Crippen LogP contribution in [-0.4, -0.2) is 16.9 Å². The van der Waals surface area contributed by atoms with Crippen LogP contribution in [0.5, 0.6) is 5.75 Å². The SMILES string of the molecule is CC(=O)Nc1ncc(-c2ccc(OC(=O)C3(c4ccccc4)CC3)cc2)s1. The molecule has 5 nitrogen and oxygen atoms in total. The normalized spacial score (nSPS) is 14.4. The molecule has 3 aromatic rings. The van der Waals surface area contributed by atoms with Gasteiger partial charge in [-0.1, -0.05) is 41.7 Å². The molecule has 0 aliphatic heterocycles. The maximum atomic E-state index is 12.7. The molecule has 1 saturated carbocycles. The second-order valence-electron chi connectivity index (χ2n) is 6.57. The minimum atomic E-state index is -0.495. The summed E-state index contributed by atoms with van der Waals surface area (Å²) in [6, 6.07) is 17.1. The number of rotatable bonds is 5. The van der Waals surface area contributed by atoms with Gasteiger partial charge in [-0.15, -0.1) is 0 Å². The van der Waals surface area contributed by atoms with Crippen molar-refractivity contribution < 1.29 is 14.3 Å². The van der Waals surface area contributed by atoms with Gasteiger partial charge in [0.1, 0.15) is 5.75 Å². The first-order valence-corrected chi connectivity index (χ1v) is 9.50. The summed E-state index contributed by atoms with van der Waals surface area (Å²) < 4.78 is 5.64. The molecule has 0 unspecified atom stereocenters. The minimum Gasteiger partial charge on any atom is -0.426 e. The largest absolute Gasteiger partial charge is 0.426 e. The lowest BCUT2D eigenvalue weighted by atomic mass is 9.96. The molecule has 1 N–H and O–H groups in total. The van der Waals surface area contributed by atoms with Crippen molar-refractivity contribution in [3.63, 3.8) is 0 Å². The zero-order chi connectivity index (χ0) is 18.9. The zero-order valence-electron chi connectivity index (χ0n) is 14.8. The van der Waals surface area contributed by atoms with Crippen molar-refractivity contribution in [3.05, 3.63) is 66.4 Å². The molecule has 27 heavy (non-hydrogen) atoms. The average Bonchev–Trinajstić information content (AvgIpc) is 3.37. The highest BCUT2D eigenvalue weighted by molar-refractivity contribution is 7.19. The fraction of sp³-hybridized carbons (Fsp3) is 0.190. The minimum absolute atomic E-state index is 0.148. The van der Waals surface area contributed by atoms with E-state index in [-0.39, 0.29) is 11.9 Å². The quantitative estimate of drug-likeness (QED) is 0.528. The van der Waals surface area contributed by atoms with Gasteiger partial charge in [0.2, 0.25) is 5.91 Å². The molecule has 0 radical (unpaired) electrons. The van der Waals surface area contributed by atoms with Crippen LogP contribution in [0.1, 0.15) is 25.3 Å². The molecule has 0 bridgehead atoms. The van der Waals surface area contributed by atoms with Crippen LogP contribution in [0.15, 0.2) is 60.8 Å². The Hall–Kier alpha value is -2.99. The van der Waals surface area contributed by atoms with Crippen LogP contribution in [0.4, 0.5) is 5.13 Å². The number of anilines is 1. The van der Waals surface area contributed by atoms with Gasteiger partial charge in [0.25, 0.3) is 0 Å². The summed E-state index contributed by atoms with van der Waals surface area (Å²) in [6.07, 6.45) is 3.35. The third-order valence-electron chi connectivity index (χ3n) is 4.61. The maximum absolute atomic E-state index is 12.7. The van der Waals surface area contributed by atoms with Crippen LogP contribution in [0.2, 0.25) is 0 Å². The van der Waals surface area contributed by atoms with Gasteiger partial charge in [-0.05, 0) is 48.2 Å². The van der Waals surface area contributed by atoms with E-state index in [2.05, 4.69) is 10.3 Å². The Kier molecular flexibility index (Phi) is 4.49. The van der Waals surface area contributed by atoms with Gasteiger partial charge in [-0.2, -0.15) is 0 Å². The molecular weight excluding hydrogens is 360 g/mol. The highest BCUT2D eigenvalue weighted by atomic mass is 32.1. The molecule has 4 rings (SSSR count). The van der Waals surface area contributed by atoms with E-state index in [0.29, 0.717) is 10.9 Å². The van der Waals surface area contributed by atoms with Crippen molar-refractivity contribution in [2.75, 3.05) is 5.32 Å². The number of esters is 1. The fourth-order valence-electron chi connectivity index (χ4n) is 3.00. The summed E-state index contributed by atoms with van der Waals surface area (Å²) in [4.78, 5) is 28.9. The van der Waals surface area contributed by atoms with Crippen LogP contribution in [0, 0.1) is 0 Å².